The zero-order chi connectivity index (χ0) is 9.40. The van der Waals surface area contributed by atoms with Crippen LogP contribution in [0.15, 0.2) is 0 Å². The molecule has 0 aromatic rings. The lowest BCUT2D eigenvalue weighted by Crippen LogP contribution is -2.27. The molecule has 0 aliphatic rings. The molecule has 0 rings (SSSR count). The molecule has 0 saturated carbocycles. The molecule has 3 heteroatoms. The van der Waals surface area contributed by atoms with Gasteiger partial charge in [-0.1, -0.05) is 26.2 Å². The van der Waals surface area contributed by atoms with Crippen LogP contribution in [0.3, 0.4) is 0 Å². The molecule has 12 heavy (non-hydrogen) atoms. The minimum atomic E-state index is -0.466. The van der Waals surface area contributed by atoms with Crippen LogP contribution >= 0.6 is 0 Å². The summed E-state index contributed by atoms with van der Waals surface area (Å²) in [5, 5.41) is 2.32. The molecule has 0 bridgehead atoms. The Morgan fingerprint density at radius 1 is 1.17 bits per heavy atom. The maximum Gasteiger partial charge on any atom is 0.287 e. The lowest BCUT2D eigenvalue weighted by Gasteiger charge is -1.98. The van der Waals surface area contributed by atoms with Crippen molar-refractivity contribution >= 4 is 11.7 Å². The summed E-state index contributed by atoms with van der Waals surface area (Å²) in [5.74, 6) is -0.764. The molecule has 0 aromatic heterocycles. The molecule has 0 atom stereocenters. The predicted octanol–water partition coefficient (Wildman–Crippen LogP) is 1.27. The summed E-state index contributed by atoms with van der Waals surface area (Å²) in [6.45, 7) is 2.11. The van der Waals surface area contributed by atoms with Gasteiger partial charge >= 0.3 is 0 Å². The zero-order valence-corrected chi connectivity index (χ0v) is 7.85. The first-order valence-electron chi connectivity index (χ1n) is 4.47. The van der Waals surface area contributed by atoms with Crippen LogP contribution in [-0.4, -0.2) is 18.7 Å². The van der Waals surface area contributed by atoms with E-state index in [0.29, 0.717) is 6.42 Å². The number of likely N-dealkylation sites (N-methyl/N-ethyl adjacent to an activating group) is 1. The molecule has 0 spiro atoms. The van der Waals surface area contributed by atoms with E-state index in [-0.39, 0.29) is 5.78 Å². The molecule has 0 fully saturated rings. The van der Waals surface area contributed by atoms with Crippen LogP contribution in [0, 0.1) is 0 Å². The van der Waals surface area contributed by atoms with Gasteiger partial charge in [0.05, 0.1) is 0 Å². The topological polar surface area (TPSA) is 46.2 Å². The number of rotatable bonds is 6. The van der Waals surface area contributed by atoms with Gasteiger partial charge in [0.2, 0.25) is 5.78 Å². The van der Waals surface area contributed by atoms with Crippen LogP contribution in [0.2, 0.25) is 0 Å². The third-order valence-electron chi connectivity index (χ3n) is 1.74. The molecule has 0 radical (unpaired) electrons. The van der Waals surface area contributed by atoms with E-state index in [1.165, 1.54) is 7.05 Å². The largest absolute Gasteiger partial charge is 0.353 e. The Hall–Kier alpha value is -0.860. The Kier molecular flexibility index (Phi) is 6.34. The molecule has 70 valence electrons. The van der Waals surface area contributed by atoms with Crippen molar-refractivity contribution in [2.45, 2.75) is 39.0 Å². The van der Waals surface area contributed by atoms with Crippen LogP contribution < -0.4 is 5.32 Å². The quantitative estimate of drug-likeness (QED) is 0.483. The summed E-state index contributed by atoms with van der Waals surface area (Å²) in [6, 6.07) is 0. The van der Waals surface area contributed by atoms with Crippen LogP contribution in [0.4, 0.5) is 0 Å². The van der Waals surface area contributed by atoms with Gasteiger partial charge < -0.3 is 5.32 Å². The fourth-order valence-electron chi connectivity index (χ4n) is 0.965. The van der Waals surface area contributed by atoms with Crippen LogP contribution in [0.5, 0.6) is 0 Å². The highest BCUT2D eigenvalue weighted by molar-refractivity contribution is 6.36. The number of carbonyl (C=O) groups excluding carboxylic acids is 2. The second kappa shape index (κ2) is 6.83. The molecule has 3 nitrogen and oxygen atoms in total. The van der Waals surface area contributed by atoms with Gasteiger partial charge in [-0.15, -0.1) is 0 Å². The summed E-state index contributed by atoms with van der Waals surface area (Å²) >= 11 is 0. The molecule has 0 aromatic carbocycles. The predicted molar refractivity (Wildman–Crippen MR) is 47.8 cm³/mol. The van der Waals surface area contributed by atoms with Crippen molar-refractivity contribution in [1.29, 1.82) is 0 Å². The fraction of sp³-hybridized carbons (Fsp3) is 0.778. The van der Waals surface area contributed by atoms with E-state index in [1.807, 2.05) is 0 Å². The van der Waals surface area contributed by atoms with Gasteiger partial charge in [0.15, 0.2) is 0 Å². The molecule has 0 aliphatic heterocycles. The average molecular weight is 171 g/mol. The van der Waals surface area contributed by atoms with Crippen molar-refractivity contribution in [1.82, 2.24) is 5.32 Å². The maximum absolute atomic E-state index is 10.9. The van der Waals surface area contributed by atoms with E-state index < -0.39 is 5.91 Å². The number of nitrogens with one attached hydrogen (secondary N) is 1. The Morgan fingerprint density at radius 3 is 2.33 bits per heavy atom. The van der Waals surface area contributed by atoms with Gasteiger partial charge in [-0.05, 0) is 6.42 Å². The van der Waals surface area contributed by atoms with E-state index in [0.717, 1.165) is 25.7 Å². The highest BCUT2D eigenvalue weighted by Gasteiger charge is 2.09. The fourth-order valence-corrected chi connectivity index (χ4v) is 0.965. The monoisotopic (exact) mass is 171 g/mol. The molecule has 1 N–H and O–H groups in total. The van der Waals surface area contributed by atoms with Gasteiger partial charge in [-0.2, -0.15) is 0 Å². The first kappa shape index (κ1) is 11.1. The van der Waals surface area contributed by atoms with Crippen molar-refractivity contribution in [2.75, 3.05) is 7.05 Å². The molecular formula is C9H17NO2. The van der Waals surface area contributed by atoms with Crippen LogP contribution in [0.1, 0.15) is 39.0 Å². The van der Waals surface area contributed by atoms with E-state index in [2.05, 4.69) is 12.2 Å². The lowest BCUT2D eigenvalue weighted by molar-refractivity contribution is -0.137. The Morgan fingerprint density at radius 2 is 1.83 bits per heavy atom. The number of hydrogen-bond donors (Lipinski definition) is 1. The molecule has 0 saturated heterocycles. The van der Waals surface area contributed by atoms with Gasteiger partial charge in [0.1, 0.15) is 0 Å². The second-order valence-corrected chi connectivity index (χ2v) is 2.81. The Bertz CT molecular complexity index is 155. The first-order chi connectivity index (χ1) is 5.72. The highest BCUT2D eigenvalue weighted by atomic mass is 16.2. The SMILES string of the molecule is CCCCCCC(=O)C(=O)NC. The first-order valence-corrected chi connectivity index (χ1v) is 4.47. The van der Waals surface area contributed by atoms with Gasteiger partial charge in [-0.25, -0.2) is 0 Å². The Labute approximate surface area is 73.5 Å². The Balaban J connectivity index is 3.38. The number of carbonyl (C=O) groups is 2. The summed E-state index contributed by atoms with van der Waals surface area (Å²) in [7, 11) is 1.48. The van der Waals surface area contributed by atoms with E-state index in [4.69, 9.17) is 0 Å². The maximum atomic E-state index is 10.9. The van der Waals surface area contributed by atoms with Crippen LogP contribution in [0.25, 0.3) is 0 Å². The standard InChI is InChI=1S/C9H17NO2/c1-3-4-5-6-7-8(11)9(12)10-2/h3-7H2,1-2H3,(H,10,12). The third kappa shape index (κ3) is 4.88. The minimum absolute atomic E-state index is 0.298. The highest BCUT2D eigenvalue weighted by Crippen LogP contribution is 2.02. The molecular weight excluding hydrogens is 154 g/mol. The molecule has 0 unspecified atom stereocenters. The van der Waals surface area contributed by atoms with Crippen molar-refractivity contribution in [2.24, 2.45) is 0 Å². The molecule has 0 heterocycles. The summed E-state index contributed by atoms with van der Waals surface area (Å²) in [4.78, 5) is 21.6. The van der Waals surface area contributed by atoms with E-state index in [1.54, 1.807) is 0 Å². The summed E-state index contributed by atoms with van der Waals surface area (Å²) in [6.07, 6.45) is 4.55. The summed E-state index contributed by atoms with van der Waals surface area (Å²) < 4.78 is 0. The van der Waals surface area contributed by atoms with Crippen molar-refractivity contribution < 1.29 is 9.59 Å². The van der Waals surface area contributed by atoms with Gasteiger partial charge in [0, 0.05) is 13.5 Å². The zero-order valence-electron chi connectivity index (χ0n) is 7.85. The van der Waals surface area contributed by atoms with Crippen molar-refractivity contribution in [3.63, 3.8) is 0 Å². The lowest BCUT2D eigenvalue weighted by atomic mass is 10.1. The van der Waals surface area contributed by atoms with E-state index >= 15 is 0 Å². The van der Waals surface area contributed by atoms with E-state index in [9.17, 15) is 9.59 Å². The molecule has 0 aliphatic carbocycles. The number of unbranched alkanes of at least 4 members (excludes halogenated alkanes) is 3. The average Bonchev–Trinajstić information content (AvgIpc) is 2.10. The van der Waals surface area contributed by atoms with Crippen molar-refractivity contribution in [3.05, 3.63) is 0 Å². The van der Waals surface area contributed by atoms with Crippen molar-refractivity contribution in [3.8, 4) is 0 Å². The van der Waals surface area contributed by atoms with Gasteiger partial charge in [0.25, 0.3) is 5.91 Å². The second-order valence-electron chi connectivity index (χ2n) is 2.81. The normalized spacial score (nSPS) is 9.50. The summed E-state index contributed by atoms with van der Waals surface area (Å²) in [5.41, 5.74) is 0. The third-order valence-corrected chi connectivity index (χ3v) is 1.74. The number of Topliss-reactive ketones (excluding diaryl/α,β-unsaturated/α-hetero) is 1. The smallest absolute Gasteiger partial charge is 0.287 e. The van der Waals surface area contributed by atoms with Gasteiger partial charge in [-0.3, -0.25) is 9.59 Å². The number of ketones is 1. The van der Waals surface area contributed by atoms with Crippen LogP contribution in [-0.2, 0) is 9.59 Å². The minimum Gasteiger partial charge on any atom is -0.353 e. The number of hydrogen-bond acceptors (Lipinski definition) is 2. The number of amides is 1. The molecule has 1 amide bonds.